The van der Waals surface area contributed by atoms with E-state index in [4.69, 9.17) is 5.11 Å². The molecule has 1 fully saturated rings. The largest absolute Gasteiger partial charge is 0.478 e. The van der Waals surface area contributed by atoms with Crippen molar-refractivity contribution in [1.29, 1.82) is 0 Å². The average molecular weight is 192 g/mol. The molecule has 0 unspecified atom stereocenters. The van der Waals surface area contributed by atoms with Crippen molar-refractivity contribution in [3.05, 3.63) is 22.8 Å². The second kappa shape index (κ2) is 2.97. The first kappa shape index (κ1) is 9.50. The Morgan fingerprint density at radius 2 is 1.93 bits per heavy atom. The van der Waals surface area contributed by atoms with Gasteiger partial charge in [-0.3, -0.25) is 0 Å². The Kier molecular flexibility index (Phi) is 2.02. The molecule has 14 heavy (non-hydrogen) atoms. The van der Waals surface area contributed by atoms with Gasteiger partial charge in [0.25, 0.3) is 0 Å². The minimum atomic E-state index is -0.750. The Bertz CT molecular complexity index is 337. The van der Waals surface area contributed by atoms with Crippen LogP contribution >= 0.6 is 0 Å². The maximum Gasteiger partial charge on any atom is 0.332 e. The maximum atomic E-state index is 10.9. The van der Waals surface area contributed by atoms with Crippen molar-refractivity contribution < 1.29 is 9.90 Å². The molecule has 0 atom stereocenters. The van der Waals surface area contributed by atoms with E-state index in [1.165, 1.54) is 18.4 Å². The molecule has 0 bridgehead atoms. The third-order valence-electron chi connectivity index (χ3n) is 3.31. The van der Waals surface area contributed by atoms with Crippen LogP contribution in [0.2, 0.25) is 0 Å². The van der Waals surface area contributed by atoms with Crippen LogP contribution in [-0.2, 0) is 4.79 Å². The van der Waals surface area contributed by atoms with Gasteiger partial charge >= 0.3 is 5.97 Å². The zero-order valence-electron chi connectivity index (χ0n) is 8.76. The van der Waals surface area contributed by atoms with Crippen molar-refractivity contribution in [2.45, 2.75) is 39.5 Å². The van der Waals surface area contributed by atoms with Crippen molar-refractivity contribution >= 4 is 5.97 Å². The minimum Gasteiger partial charge on any atom is -0.478 e. The Morgan fingerprint density at radius 1 is 1.36 bits per heavy atom. The van der Waals surface area contributed by atoms with E-state index >= 15 is 0 Å². The summed E-state index contributed by atoms with van der Waals surface area (Å²) >= 11 is 0. The van der Waals surface area contributed by atoms with Gasteiger partial charge in [0.1, 0.15) is 0 Å². The van der Waals surface area contributed by atoms with E-state index in [1.807, 2.05) is 13.8 Å². The van der Waals surface area contributed by atoms with E-state index in [0.717, 1.165) is 18.4 Å². The second-order valence-electron chi connectivity index (χ2n) is 4.73. The number of aliphatic carboxylic acids is 1. The third-order valence-corrected chi connectivity index (χ3v) is 3.31. The lowest BCUT2D eigenvalue weighted by Gasteiger charge is -2.01. The summed E-state index contributed by atoms with van der Waals surface area (Å²) in [5, 5.41) is 8.95. The van der Waals surface area contributed by atoms with Gasteiger partial charge in [0.05, 0.1) is 5.57 Å². The summed E-state index contributed by atoms with van der Waals surface area (Å²) in [5.74, 6) is -0.750. The average Bonchev–Trinajstić information content (AvgIpc) is 2.50. The summed E-state index contributed by atoms with van der Waals surface area (Å²) in [7, 11) is 0. The molecule has 1 N–H and O–H groups in total. The lowest BCUT2D eigenvalue weighted by atomic mass is 10.0. The van der Waals surface area contributed by atoms with E-state index in [2.05, 4.69) is 6.08 Å². The van der Waals surface area contributed by atoms with Crippen molar-refractivity contribution in [2.24, 2.45) is 5.41 Å². The fourth-order valence-electron chi connectivity index (χ4n) is 2.31. The van der Waals surface area contributed by atoms with Gasteiger partial charge in [0.15, 0.2) is 0 Å². The molecule has 0 amide bonds. The Hall–Kier alpha value is -1.05. The van der Waals surface area contributed by atoms with Gasteiger partial charge in [-0.2, -0.15) is 0 Å². The normalized spacial score (nSPS) is 24.0. The summed E-state index contributed by atoms with van der Waals surface area (Å²) in [5.41, 5.74) is 2.91. The number of allylic oxidation sites excluding steroid dienone is 3. The summed E-state index contributed by atoms with van der Waals surface area (Å²) in [6.45, 7) is 3.97. The zero-order chi connectivity index (χ0) is 10.3. The zero-order valence-corrected chi connectivity index (χ0v) is 8.76. The van der Waals surface area contributed by atoms with Gasteiger partial charge in [0, 0.05) is 5.41 Å². The fraction of sp³-hybridized carbons (Fsp3) is 0.583. The topological polar surface area (TPSA) is 37.3 Å². The highest BCUT2D eigenvalue weighted by molar-refractivity contribution is 5.97. The summed E-state index contributed by atoms with van der Waals surface area (Å²) in [6, 6.07) is 0. The molecule has 0 spiro atoms. The molecule has 0 aromatic carbocycles. The van der Waals surface area contributed by atoms with E-state index in [9.17, 15) is 4.79 Å². The highest BCUT2D eigenvalue weighted by Gasteiger charge is 2.48. The monoisotopic (exact) mass is 192 g/mol. The first-order valence-corrected chi connectivity index (χ1v) is 5.21. The van der Waals surface area contributed by atoms with Crippen LogP contribution in [-0.4, -0.2) is 11.1 Å². The van der Waals surface area contributed by atoms with Gasteiger partial charge in [0.2, 0.25) is 0 Å². The van der Waals surface area contributed by atoms with Gasteiger partial charge < -0.3 is 5.11 Å². The molecule has 2 nitrogen and oxygen atoms in total. The first-order valence-electron chi connectivity index (χ1n) is 5.21. The molecule has 76 valence electrons. The lowest BCUT2D eigenvalue weighted by Crippen LogP contribution is -2.00. The molecule has 0 aromatic rings. The van der Waals surface area contributed by atoms with Crippen molar-refractivity contribution in [1.82, 2.24) is 0 Å². The molecule has 1 saturated carbocycles. The Balaban J connectivity index is 2.19. The summed E-state index contributed by atoms with van der Waals surface area (Å²) in [4.78, 5) is 10.9. The van der Waals surface area contributed by atoms with E-state index in [1.54, 1.807) is 0 Å². The summed E-state index contributed by atoms with van der Waals surface area (Å²) in [6.07, 6.45) is 6.97. The molecule has 0 radical (unpaired) electrons. The fourth-order valence-corrected chi connectivity index (χ4v) is 2.31. The van der Waals surface area contributed by atoms with E-state index in [0.29, 0.717) is 5.57 Å². The summed E-state index contributed by atoms with van der Waals surface area (Å²) < 4.78 is 0. The highest BCUT2D eigenvalue weighted by atomic mass is 16.4. The molecular formula is C12H16O2. The van der Waals surface area contributed by atoms with Crippen molar-refractivity contribution in [3.63, 3.8) is 0 Å². The van der Waals surface area contributed by atoms with Gasteiger partial charge in [-0.25, -0.2) is 4.79 Å². The van der Waals surface area contributed by atoms with Crippen LogP contribution in [0.4, 0.5) is 0 Å². The van der Waals surface area contributed by atoms with E-state index < -0.39 is 5.97 Å². The SMILES string of the molecule is CC1(C)C(C=C2CCCC2)=C1C(=O)O. The smallest absolute Gasteiger partial charge is 0.332 e. The molecular weight excluding hydrogens is 176 g/mol. The molecule has 2 aliphatic carbocycles. The lowest BCUT2D eigenvalue weighted by molar-refractivity contribution is -0.132. The van der Waals surface area contributed by atoms with Gasteiger partial charge in [-0.1, -0.05) is 25.5 Å². The number of carbonyl (C=O) groups is 1. The van der Waals surface area contributed by atoms with Crippen LogP contribution < -0.4 is 0 Å². The minimum absolute atomic E-state index is 0.179. The standard InChI is InChI=1S/C12H16O2/c1-12(2)9(10(12)11(13)14)7-8-5-3-4-6-8/h7H,3-6H2,1-2H3,(H,13,14). The molecule has 0 aliphatic heterocycles. The number of carboxylic acids is 1. The van der Waals surface area contributed by atoms with Crippen LogP contribution in [0, 0.1) is 5.41 Å². The molecule has 0 heterocycles. The molecule has 2 rings (SSSR count). The highest BCUT2D eigenvalue weighted by Crippen LogP contribution is 2.53. The van der Waals surface area contributed by atoms with E-state index in [-0.39, 0.29) is 5.41 Å². The predicted molar refractivity (Wildman–Crippen MR) is 55.0 cm³/mol. The Morgan fingerprint density at radius 3 is 2.36 bits per heavy atom. The molecule has 2 aliphatic rings. The van der Waals surface area contributed by atoms with Crippen LogP contribution in [0.15, 0.2) is 22.8 Å². The number of hydrogen-bond donors (Lipinski definition) is 1. The molecule has 0 saturated heterocycles. The number of rotatable bonds is 2. The van der Waals surface area contributed by atoms with Crippen molar-refractivity contribution in [2.75, 3.05) is 0 Å². The second-order valence-corrected chi connectivity index (χ2v) is 4.73. The van der Waals surface area contributed by atoms with Gasteiger partial charge in [-0.15, -0.1) is 0 Å². The third kappa shape index (κ3) is 1.39. The Labute approximate surface area is 84.3 Å². The van der Waals surface area contributed by atoms with Crippen LogP contribution in [0.1, 0.15) is 39.5 Å². The van der Waals surface area contributed by atoms with Crippen molar-refractivity contribution in [3.8, 4) is 0 Å². The molecule has 2 heteroatoms. The van der Waals surface area contributed by atoms with Crippen LogP contribution in [0.25, 0.3) is 0 Å². The number of hydrogen-bond acceptors (Lipinski definition) is 1. The van der Waals surface area contributed by atoms with Crippen LogP contribution in [0.3, 0.4) is 0 Å². The molecule has 0 aromatic heterocycles. The number of carboxylic acid groups (broad SMARTS) is 1. The predicted octanol–water partition coefficient (Wildman–Crippen LogP) is 2.91. The van der Waals surface area contributed by atoms with Gasteiger partial charge in [-0.05, 0) is 31.3 Å². The van der Waals surface area contributed by atoms with Crippen LogP contribution in [0.5, 0.6) is 0 Å². The maximum absolute atomic E-state index is 10.9. The quantitative estimate of drug-likeness (QED) is 0.730. The first-order chi connectivity index (χ1) is 6.53.